The van der Waals surface area contributed by atoms with Crippen LogP contribution in [0.1, 0.15) is 165 Å². The number of urea groups is 1. The Kier molecular flexibility index (Phi) is 21.6. The van der Waals surface area contributed by atoms with E-state index in [9.17, 15) is 24.6 Å². The van der Waals surface area contributed by atoms with E-state index in [1.54, 1.807) is 0 Å². The lowest BCUT2D eigenvalue weighted by Crippen LogP contribution is -2.60. The van der Waals surface area contributed by atoms with E-state index in [1.165, 1.54) is 19.3 Å². The lowest BCUT2D eigenvalue weighted by Gasteiger charge is -2.64. The van der Waals surface area contributed by atoms with Crippen LogP contribution in [0.4, 0.5) is 4.79 Å². The van der Waals surface area contributed by atoms with Gasteiger partial charge in [-0.15, -0.1) is 0 Å². The maximum atomic E-state index is 12.8. The maximum Gasteiger partial charge on any atom is 0.315 e. The Bertz CT molecular complexity index is 2310. The van der Waals surface area contributed by atoms with Crippen LogP contribution in [0.25, 0.3) is 0 Å². The quantitative estimate of drug-likeness (QED) is 0.0279. The van der Waals surface area contributed by atoms with E-state index < -0.39 is 17.8 Å². The van der Waals surface area contributed by atoms with Crippen molar-refractivity contribution in [1.82, 2.24) is 31.1 Å². The third-order valence-electron chi connectivity index (χ3n) is 23.7. The summed E-state index contributed by atoms with van der Waals surface area (Å²) in [6.07, 6.45) is 13.2. The molecule has 2 spiro atoms. The zero-order valence-corrected chi connectivity index (χ0v) is 54.8. The van der Waals surface area contributed by atoms with Crippen molar-refractivity contribution in [3.8, 4) is 0 Å². The van der Waals surface area contributed by atoms with Gasteiger partial charge in [-0.2, -0.15) is 22.0 Å². The van der Waals surface area contributed by atoms with Crippen molar-refractivity contribution < 1.29 is 57.8 Å². The van der Waals surface area contributed by atoms with Crippen LogP contribution in [-0.4, -0.2) is 214 Å². The van der Waals surface area contributed by atoms with Gasteiger partial charge in [-0.3, -0.25) is 14.5 Å². The molecule has 6 N–H and O–H groups in total. The number of amides is 4. The normalized spacial score (nSPS) is 38.4. The van der Waals surface area contributed by atoms with Crippen molar-refractivity contribution >= 4 is 29.6 Å². The summed E-state index contributed by atoms with van der Waals surface area (Å²) in [5.41, 5.74) is -1.26. The van der Waals surface area contributed by atoms with E-state index in [0.717, 1.165) is 109 Å². The van der Waals surface area contributed by atoms with Gasteiger partial charge in [0.25, 0.3) is 0 Å². The van der Waals surface area contributed by atoms with Gasteiger partial charge in [-0.25, -0.2) is 4.79 Å². The Morgan fingerprint density at radius 1 is 0.872 bits per heavy atom. The van der Waals surface area contributed by atoms with Crippen molar-refractivity contribution in [1.29, 1.82) is 0 Å². The Morgan fingerprint density at radius 3 is 2.33 bits per heavy atom. The SMILES string of the molecule is CCO[C@@H](C1C[C@@H](C)[C@H]2C(O1)[C@H](O)[C@@]1(C)C3CC[C@H]4C(C)(C)[C@@H](O[C@H]5CN(CCN(CCCOCCOCCOCCCNC(=O)CCCC[C@@H]6SC[C@@H]7NC(=O)N[C@@H]76)CCNC(=O)CCC6(C)N=N6)CCO5)CC[C@@]45CC35CC[C@]21C)C(C)(C)O. The van der Waals surface area contributed by atoms with Crippen LogP contribution in [0.5, 0.6) is 0 Å². The minimum atomic E-state index is -1.05. The van der Waals surface area contributed by atoms with Gasteiger partial charge in [0.05, 0.1) is 75.1 Å². The molecule has 5 aliphatic heterocycles. The number of hydrogen-bond acceptors (Lipinski definition) is 17. The Hall–Kier alpha value is -2.28. The number of rotatable bonds is 34. The summed E-state index contributed by atoms with van der Waals surface area (Å²) >= 11 is 1.91. The van der Waals surface area contributed by atoms with E-state index in [1.807, 2.05) is 39.5 Å². The molecule has 5 heterocycles. The molecule has 0 aromatic rings. The molecule has 0 aromatic heterocycles. The fraction of sp³-hybridized carbons (Fsp3) is 0.954. The van der Waals surface area contributed by atoms with E-state index >= 15 is 0 Å². The first-order valence-electron chi connectivity index (χ1n) is 33.9. The summed E-state index contributed by atoms with van der Waals surface area (Å²) in [7, 11) is 0. The second-order valence-corrected chi connectivity index (χ2v) is 31.0. The van der Waals surface area contributed by atoms with Gasteiger partial charge in [-0.1, -0.05) is 41.0 Å². The minimum Gasteiger partial charge on any atom is -0.390 e. The molecular weight excluding hydrogens is 1120 g/mol. The van der Waals surface area contributed by atoms with Gasteiger partial charge in [0.1, 0.15) is 6.10 Å². The molecule has 4 unspecified atom stereocenters. The van der Waals surface area contributed by atoms with Crippen LogP contribution in [0, 0.1) is 50.7 Å². The van der Waals surface area contributed by atoms with Crippen molar-refractivity contribution in [3.63, 3.8) is 0 Å². The summed E-state index contributed by atoms with van der Waals surface area (Å²) in [5.74, 6) is 2.67. The first kappa shape index (κ1) is 66.6. The molecule has 21 heteroatoms. The number of fused-ring (bicyclic) bond motifs is 5. The van der Waals surface area contributed by atoms with Crippen LogP contribution in [-0.2, 0) is 42.7 Å². The summed E-state index contributed by atoms with van der Waals surface area (Å²) in [6.45, 7) is 30.2. The summed E-state index contributed by atoms with van der Waals surface area (Å²) in [5, 5.41) is 44.8. The highest BCUT2D eigenvalue weighted by atomic mass is 32.2. The Morgan fingerprint density at radius 2 is 1.58 bits per heavy atom. The van der Waals surface area contributed by atoms with Crippen LogP contribution in [0.15, 0.2) is 10.2 Å². The average Bonchev–Trinajstić information content (AvgIpc) is 1.46. The van der Waals surface area contributed by atoms with E-state index in [0.29, 0.717) is 108 Å². The topological polar surface area (TPSA) is 236 Å². The van der Waals surface area contributed by atoms with Crippen LogP contribution < -0.4 is 21.3 Å². The van der Waals surface area contributed by atoms with Crippen molar-refractivity contribution in [3.05, 3.63) is 0 Å². The molecule has 0 radical (unpaired) electrons. The molecule has 5 saturated carbocycles. The summed E-state index contributed by atoms with van der Waals surface area (Å²) < 4.78 is 44.3. The fourth-order valence-corrected chi connectivity index (χ4v) is 20.7. The first-order chi connectivity index (χ1) is 41.1. The molecule has 0 bridgehead atoms. The third-order valence-corrected chi connectivity index (χ3v) is 25.2. The lowest BCUT2D eigenvalue weighted by atomic mass is 9.41. The van der Waals surface area contributed by atoms with E-state index in [-0.39, 0.29) is 93.2 Å². The number of nitrogens with zero attached hydrogens (tertiary/aromatic N) is 4. The summed E-state index contributed by atoms with van der Waals surface area (Å²) in [6, 6.07) is 0.392. The number of aliphatic hydroxyl groups excluding tert-OH is 1. The van der Waals surface area contributed by atoms with Crippen molar-refractivity contribution in [2.45, 2.75) is 230 Å². The number of nitrogens with one attached hydrogen (secondary N) is 4. The number of carbonyl (C=O) groups is 3. The number of ether oxygens (including phenoxy) is 7. The lowest BCUT2D eigenvalue weighted by molar-refractivity contribution is -0.249. The number of morpholine rings is 1. The maximum absolute atomic E-state index is 12.8. The first-order valence-corrected chi connectivity index (χ1v) is 34.9. The highest BCUT2D eigenvalue weighted by molar-refractivity contribution is 8.00. The fourth-order valence-electron chi connectivity index (χ4n) is 19.1. The molecule has 4 saturated heterocycles. The van der Waals surface area contributed by atoms with Crippen LogP contribution >= 0.6 is 11.8 Å². The second kappa shape index (κ2) is 27.9. The smallest absolute Gasteiger partial charge is 0.315 e. The monoisotopic (exact) mass is 1230 g/mol. The van der Waals surface area contributed by atoms with E-state index in [4.69, 9.17) is 33.2 Å². The van der Waals surface area contributed by atoms with Gasteiger partial charge >= 0.3 is 6.03 Å². The van der Waals surface area contributed by atoms with Gasteiger partial charge in [0.2, 0.25) is 11.8 Å². The Labute approximate surface area is 518 Å². The van der Waals surface area contributed by atoms with Crippen molar-refractivity contribution in [2.24, 2.45) is 61.0 Å². The average molecular weight is 1230 g/mol. The van der Waals surface area contributed by atoms with Crippen LogP contribution in [0.3, 0.4) is 0 Å². The predicted molar refractivity (Wildman–Crippen MR) is 329 cm³/mol. The zero-order valence-electron chi connectivity index (χ0n) is 54.0. The molecule has 86 heavy (non-hydrogen) atoms. The molecule has 0 aromatic carbocycles. The molecule has 17 atom stereocenters. The molecular formula is C65H112N8O12S. The predicted octanol–water partition coefficient (Wildman–Crippen LogP) is 7.07. The van der Waals surface area contributed by atoms with Gasteiger partial charge in [-0.05, 0) is 150 Å². The molecule has 490 valence electrons. The Balaban J connectivity index is 0.626. The second-order valence-electron chi connectivity index (χ2n) is 29.7. The van der Waals surface area contributed by atoms with Crippen molar-refractivity contribution in [2.75, 3.05) is 111 Å². The molecule has 20 nitrogen and oxygen atoms in total. The number of unbranched alkanes of at least 4 members (excludes halogenated alkanes) is 1. The van der Waals surface area contributed by atoms with Gasteiger partial charge in [0, 0.05) is 108 Å². The molecule has 10 rings (SSSR count). The minimum absolute atomic E-state index is 0.0251. The molecule has 4 amide bonds. The molecule has 10 aliphatic rings. The van der Waals surface area contributed by atoms with Crippen LogP contribution in [0.2, 0.25) is 0 Å². The standard InChI is InChI=1S/C65H112N8O12S/c1-10-82-57(60(5,6)78)45-39-43(2)53-55(84-45)56(76)63(9)48-18-17-47-59(3,4)49(19-22-64(47)42-65(48,64)24-23-61(53,63)7)85-52-40-73(31-34-83-52)30-29-72(28-26-67-51(75)20-21-62(8)70-71-62)27-14-33-80-36-38-81-37-35-79-32-13-25-66-50(74)16-12-11-15-46-54-44(41-86-46)68-58(77)69-54/h43-49,52-57,76,78H,10-42H2,1-9H3,(H,66,74)(H,67,75)(H2,68,69,77)/t43-,44+,45?,46+,47+,48?,49+,52+,53+,54+,55?,56+,57+,61-,63-,64-,65?/m1/s1. The number of thioether (sulfide) groups is 1. The van der Waals surface area contributed by atoms with Gasteiger partial charge in [0.15, 0.2) is 12.0 Å². The zero-order chi connectivity index (χ0) is 61.1. The molecule has 9 fully saturated rings. The number of carbonyl (C=O) groups excluding carboxylic acids is 3. The number of hydrogen-bond donors (Lipinski definition) is 6. The highest BCUT2D eigenvalue weighted by Gasteiger charge is 2.85. The summed E-state index contributed by atoms with van der Waals surface area (Å²) in [4.78, 5) is 41.6. The number of aliphatic hydroxyl groups is 2. The van der Waals surface area contributed by atoms with Gasteiger partial charge < -0.3 is 69.5 Å². The molecule has 5 aliphatic carbocycles. The third kappa shape index (κ3) is 14.2. The highest BCUT2D eigenvalue weighted by Crippen LogP contribution is 2.89. The largest absolute Gasteiger partial charge is 0.390 e. The van der Waals surface area contributed by atoms with E-state index in [2.05, 4.69) is 75.9 Å².